The molecule has 0 heterocycles. The maximum absolute atomic E-state index is 12.0. The van der Waals surface area contributed by atoms with Gasteiger partial charge in [-0.25, -0.2) is 4.79 Å². The highest BCUT2D eigenvalue weighted by Crippen LogP contribution is 2.27. The molecule has 0 saturated carbocycles. The number of carboxylic acid groups (broad SMARTS) is 1. The summed E-state index contributed by atoms with van der Waals surface area (Å²) in [7, 11) is 0. The van der Waals surface area contributed by atoms with Crippen molar-refractivity contribution in [2.24, 2.45) is 0 Å². The molecule has 0 aromatic heterocycles. The summed E-state index contributed by atoms with van der Waals surface area (Å²) >= 11 is -2.79. The molecule has 2 atom stereocenters. The molecule has 0 fully saturated rings. The summed E-state index contributed by atoms with van der Waals surface area (Å²) in [5.74, 6) is -0.639. The molecule has 3 rings (SSSR count). The molecule has 31 heavy (non-hydrogen) atoms. The monoisotopic (exact) mass is 439 g/mol. The van der Waals surface area contributed by atoms with Crippen molar-refractivity contribution in [1.29, 1.82) is 0 Å². The minimum atomic E-state index is -2.79. The van der Waals surface area contributed by atoms with Crippen LogP contribution in [0.5, 0.6) is 5.75 Å². The average Bonchev–Trinajstić information content (AvgIpc) is 2.74. The Kier molecular flexibility index (Phi) is 7.28. The van der Waals surface area contributed by atoms with Crippen LogP contribution < -0.4 is 14.8 Å². The van der Waals surface area contributed by atoms with Gasteiger partial charge in [0, 0.05) is 29.1 Å². The molecule has 0 radical (unpaired) electrons. The zero-order valence-electron chi connectivity index (χ0n) is 16.9. The minimum Gasteiger partial charge on any atom is -0.755 e. The second kappa shape index (κ2) is 10.1. The Bertz CT molecular complexity index is 1050. The first-order valence-electron chi connectivity index (χ1n) is 9.68. The molecule has 0 bridgehead atoms. The first-order chi connectivity index (χ1) is 14.9. The van der Waals surface area contributed by atoms with E-state index in [0.29, 0.717) is 23.6 Å². The number of nitrogen functional groups attached to an aromatic ring is 1. The third-order valence-corrected chi connectivity index (χ3v) is 5.52. The van der Waals surface area contributed by atoms with E-state index >= 15 is 0 Å². The van der Waals surface area contributed by atoms with Crippen LogP contribution in [-0.4, -0.2) is 32.5 Å². The maximum Gasteiger partial charge on any atom is 0.327 e. The number of hydrogen-bond acceptors (Lipinski definition) is 5. The van der Waals surface area contributed by atoms with E-state index in [9.17, 15) is 18.7 Å². The van der Waals surface area contributed by atoms with Gasteiger partial charge in [-0.15, -0.1) is 0 Å². The number of nitrogens with zero attached hydrogens (tertiary/aromatic N) is 1. The highest BCUT2D eigenvalue weighted by Gasteiger charge is 2.27. The molecule has 7 nitrogen and oxygen atoms in total. The van der Waals surface area contributed by atoms with Crippen LogP contribution in [0.4, 0.5) is 11.4 Å². The van der Waals surface area contributed by atoms with Crippen molar-refractivity contribution in [3.63, 3.8) is 0 Å². The average molecular weight is 440 g/mol. The molecule has 0 aliphatic carbocycles. The van der Waals surface area contributed by atoms with Gasteiger partial charge in [-0.05, 0) is 60.0 Å². The zero-order chi connectivity index (χ0) is 22.4. The van der Waals surface area contributed by atoms with Gasteiger partial charge in [-0.2, -0.15) is 0 Å². The number of carboxylic acids is 1. The second-order valence-electron chi connectivity index (χ2n) is 6.85. The summed E-state index contributed by atoms with van der Waals surface area (Å²) in [6.45, 7) is 2.33. The van der Waals surface area contributed by atoms with Crippen molar-refractivity contribution in [1.82, 2.24) is 0 Å². The zero-order valence-corrected chi connectivity index (χ0v) is 17.7. The largest absolute Gasteiger partial charge is 0.755 e. The van der Waals surface area contributed by atoms with Crippen LogP contribution in [0, 0.1) is 0 Å². The van der Waals surface area contributed by atoms with Crippen LogP contribution in [0.3, 0.4) is 0 Å². The fourth-order valence-corrected chi connectivity index (χ4v) is 3.94. The standard InChI is InChI=1S/C23H24N2O5S/c1-2-30-21-5-3-4-16(14-21)15-22(23(26)27)25(31(28)29)20-12-8-18(9-13-20)17-6-10-19(24)11-7-17/h3-14,22H,2,15,24H2,1H3,(H,26,27)(H,28,29)/p-1. The maximum atomic E-state index is 12.0. The summed E-state index contributed by atoms with van der Waals surface area (Å²) in [6, 6.07) is 19.6. The fourth-order valence-electron chi connectivity index (χ4n) is 3.27. The Morgan fingerprint density at radius 2 is 1.71 bits per heavy atom. The van der Waals surface area contributed by atoms with Crippen molar-refractivity contribution in [2.75, 3.05) is 16.6 Å². The van der Waals surface area contributed by atoms with E-state index in [1.165, 1.54) is 0 Å². The number of nitrogens with two attached hydrogens (primary N) is 1. The van der Waals surface area contributed by atoms with Gasteiger partial charge in [0.1, 0.15) is 11.8 Å². The van der Waals surface area contributed by atoms with Crippen LogP contribution in [0.25, 0.3) is 11.1 Å². The second-order valence-corrected chi connectivity index (χ2v) is 7.68. The number of hydrogen-bond donors (Lipinski definition) is 2. The number of benzene rings is 3. The minimum absolute atomic E-state index is 0.00998. The predicted octanol–water partition coefficient (Wildman–Crippen LogP) is 3.63. The SMILES string of the molecule is CCOc1cccc(CC(C(=O)O)N(c2ccc(-c3ccc(N)cc3)cc2)S(=O)[O-])c1. The molecule has 162 valence electrons. The number of anilines is 2. The topological polar surface area (TPSA) is 116 Å². The molecule has 3 aromatic carbocycles. The first kappa shape index (κ1) is 22.3. The van der Waals surface area contributed by atoms with Crippen LogP contribution in [0.15, 0.2) is 72.8 Å². The summed E-state index contributed by atoms with van der Waals surface area (Å²) in [5, 5.41) is 9.79. The smallest absolute Gasteiger partial charge is 0.327 e. The van der Waals surface area contributed by atoms with Crippen molar-refractivity contribution in [3.05, 3.63) is 78.4 Å². The summed E-state index contributed by atoms with van der Waals surface area (Å²) in [6.07, 6.45) is -0.00998. The van der Waals surface area contributed by atoms with E-state index < -0.39 is 23.3 Å². The van der Waals surface area contributed by atoms with Crippen LogP contribution in [0.1, 0.15) is 12.5 Å². The number of rotatable bonds is 9. The molecule has 8 heteroatoms. The Labute approximate surface area is 183 Å². The van der Waals surface area contributed by atoms with E-state index in [0.717, 1.165) is 15.4 Å². The van der Waals surface area contributed by atoms with Crippen LogP contribution >= 0.6 is 0 Å². The van der Waals surface area contributed by atoms with Gasteiger partial charge >= 0.3 is 5.97 Å². The Morgan fingerprint density at radius 1 is 1.10 bits per heavy atom. The molecular formula is C23H23N2O5S-. The number of carbonyl (C=O) groups is 1. The van der Waals surface area contributed by atoms with E-state index in [-0.39, 0.29) is 12.1 Å². The van der Waals surface area contributed by atoms with Gasteiger partial charge in [-0.1, -0.05) is 36.4 Å². The Balaban J connectivity index is 1.89. The van der Waals surface area contributed by atoms with Crippen LogP contribution in [0.2, 0.25) is 0 Å². The van der Waals surface area contributed by atoms with Gasteiger partial charge < -0.3 is 20.1 Å². The summed E-state index contributed by atoms with van der Waals surface area (Å²) in [5.41, 5.74) is 9.06. The first-order valence-corrected chi connectivity index (χ1v) is 10.7. The van der Waals surface area contributed by atoms with Gasteiger partial charge in [0.15, 0.2) is 0 Å². The van der Waals surface area contributed by atoms with E-state index in [1.54, 1.807) is 60.7 Å². The van der Waals surface area contributed by atoms with E-state index in [4.69, 9.17) is 10.5 Å². The molecule has 3 N–H and O–H groups in total. The third-order valence-electron chi connectivity index (χ3n) is 4.73. The lowest BCUT2D eigenvalue weighted by Gasteiger charge is -2.32. The Hall–Kier alpha value is -3.36. The molecule has 3 aromatic rings. The highest BCUT2D eigenvalue weighted by molar-refractivity contribution is 7.80. The molecule has 0 aliphatic heterocycles. The van der Waals surface area contributed by atoms with Crippen molar-refractivity contribution >= 4 is 28.6 Å². The number of aliphatic carboxylic acids is 1. The molecular weight excluding hydrogens is 416 g/mol. The normalized spacial score (nSPS) is 12.7. The quantitative estimate of drug-likeness (QED) is 0.388. The third kappa shape index (κ3) is 5.62. The molecule has 0 spiro atoms. The predicted molar refractivity (Wildman–Crippen MR) is 120 cm³/mol. The van der Waals surface area contributed by atoms with E-state index in [1.807, 2.05) is 19.1 Å². The fraction of sp³-hybridized carbons (Fsp3) is 0.174. The van der Waals surface area contributed by atoms with E-state index in [2.05, 4.69) is 0 Å². The number of ether oxygens (including phenoxy) is 1. The van der Waals surface area contributed by atoms with Gasteiger partial charge in [0.05, 0.1) is 6.61 Å². The van der Waals surface area contributed by atoms with Crippen LogP contribution in [-0.2, 0) is 22.5 Å². The van der Waals surface area contributed by atoms with Gasteiger partial charge in [0.2, 0.25) is 0 Å². The Morgan fingerprint density at radius 3 is 2.26 bits per heavy atom. The molecule has 0 amide bonds. The lowest BCUT2D eigenvalue weighted by Crippen LogP contribution is -2.44. The highest BCUT2D eigenvalue weighted by atomic mass is 32.2. The summed E-state index contributed by atoms with van der Waals surface area (Å²) < 4.78 is 30.4. The molecule has 0 aliphatic rings. The molecule has 0 saturated heterocycles. The van der Waals surface area contributed by atoms with Crippen molar-refractivity contribution in [3.8, 4) is 16.9 Å². The summed E-state index contributed by atoms with van der Waals surface area (Å²) in [4.78, 5) is 12.0. The lowest BCUT2D eigenvalue weighted by molar-refractivity contribution is -0.138. The van der Waals surface area contributed by atoms with Crippen molar-refractivity contribution < 1.29 is 23.4 Å². The molecule has 2 unspecified atom stereocenters. The van der Waals surface area contributed by atoms with Gasteiger partial charge in [-0.3, -0.25) is 8.51 Å². The lowest BCUT2D eigenvalue weighted by atomic mass is 10.0. The van der Waals surface area contributed by atoms with Crippen molar-refractivity contribution in [2.45, 2.75) is 19.4 Å². The van der Waals surface area contributed by atoms with Gasteiger partial charge in [0.25, 0.3) is 0 Å².